The van der Waals surface area contributed by atoms with E-state index in [2.05, 4.69) is 16.5 Å². The molecule has 7 nitrogen and oxygen atoms in total. The molecule has 0 aliphatic carbocycles. The van der Waals surface area contributed by atoms with Crippen LogP contribution in [0.25, 0.3) is 11.1 Å². The van der Waals surface area contributed by atoms with E-state index < -0.39 is 0 Å². The van der Waals surface area contributed by atoms with Gasteiger partial charge in [0.15, 0.2) is 0 Å². The van der Waals surface area contributed by atoms with Crippen molar-refractivity contribution in [1.29, 1.82) is 0 Å². The van der Waals surface area contributed by atoms with E-state index in [9.17, 15) is 9.59 Å². The Hall–Kier alpha value is -4.36. The molecule has 0 saturated carbocycles. The molecular weight excluding hydrogens is 500 g/mol. The molecule has 6 rings (SSSR count). The van der Waals surface area contributed by atoms with E-state index in [4.69, 9.17) is 4.74 Å². The number of likely N-dealkylation sites (tertiary alicyclic amines) is 1. The number of benzene rings is 3. The molecule has 0 spiro atoms. The molecule has 7 heteroatoms. The largest absolute Gasteiger partial charge is 0.496 e. The van der Waals surface area contributed by atoms with Gasteiger partial charge in [0.1, 0.15) is 11.4 Å². The molecule has 0 N–H and O–H groups in total. The minimum absolute atomic E-state index is 0.0238. The summed E-state index contributed by atoms with van der Waals surface area (Å²) in [6.07, 6.45) is 0.979. The van der Waals surface area contributed by atoms with Crippen molar-refractivity contribution in [2.75, 3.05) is 39.2 Å². The van der Waals surface area contributed by atoms with E-state index >= 15 is 0 Å². The Labute approximate surface area is 235 Å². The molecule has 0 bridgehead atoms. The van der Waals surface area contributed by atoms with Gasteiger partial charge in [0, 0.05) is 42.1 Å². The fourth-order valence-corrected chi connectivity index (χ4v) is 5.93. The summed E-state index contributed by atoms with van der Waals surface area (Å²) in [4.78, 5) is 33.6. The number of likely N-dealkylation sites (N-methyl/N-ethyl adjacent to an activating group) is 2. The van der Waals surface area contributed by atoms with Gasteiger partial charge in [0.25, 0.3) is 11.8 Å². The molecule has 2 aliphatic rings. The van der Waals surface area contributed by atoms with E-state index in [1.165, 1.54) is 0 Å². The maximum Gasteiger partial charge on any atom is 0.270 e. The van der Waals surface area contributed by atoms with Crippen molar-refractivity contribution in [1.82, 2.24) is 14.4 Å². The van der Waals surface area contributed by atoms with Gasteiger partial charge in [-0.1, -0.05) is 48.5 Å². The number of para-hydroxylation sites is 2. The highest BCUT2D eigenvalue weighted by molar-refractivity contribution is 6.07. The van der Waals surface area contributed by atoms with Crippen LogP contribution in [0, 0.1) is 0 Å². The Morgan fingerprint density at radius 1 is 0.900 bits per heavy atom. The van der Waals surface area contributed by atoms with Crippen molar-refractivity contribution in [2.45, 2.75) is 25.6 Å². The highest BCUT2D eigenvalue weighted by Gasteiger charge is 2.31. The number of carbonyl (C=O) groups excluding carboxylic acids is 2. The van der Waals surface area contributed by atoms with Crippen LogP contribution in [0.5, 0.6) is 5.75 Å². The Kier molecular flexibility index (Phi) is 6.90. The first kappa shape index (κ1) is 25.9. The van der Waals surface area contributed by atoms with Gasteiger partial charge in [-0.3, -0.25) is 9.59 Å². The summed E-state index contributed by atoms with van der Waals surface area (Å²) in [5.74, 6) is 0.739. The number of fused-ring (bicyclic) bond motifs is 2. The fourth-order valence-electron chi connectivity index (χ4n) is 5.93. The van der Waals surface area contributed by atoms with Crippen molar-refractivity contribution in [3.05, 3.63) is 107 Å². The lowest BCUT2D eigenvalue weighted by molar-refractivity contribution is 0.0726. The van der Waals surface area contributed by atoms with Gasteiger partial charge in [-0.25, -0.2) is 0 Å². The van der Waals surface area contributed by atoms with Crippen LogP contribution < -0.4 is 9.64 Å². The minimum Gasteiger partial charge on any atom is -0.496 e. The molecule has 2 amide bonds. The zero-order valence-electron chi connectivity index (χ0n) is 23.2. The predicted octanol–water partition coefficient (Wildman–Crippen LogP) is 5.15. The lowest BCUT2D eigenvalue weighted by Gasteiger charge is -2.25. The van der Waals surface area contributed by atoms with Gasteiger partial charge < -0.3 is 24.0 Å². The number of aromatic nitrogens is 1. The molecule has 4 aromatic rings. The molecule has 1 unspecified atom stereocenters. The van der Waals surface area contributed by atoms with Gasteiger partial charge in [-0.15, -0.1) is 0 Å². The molecular formula is C33H34N4O3. The quantitative estimate of drug-likeness (QED) is 0.356. The van der Waals surface area contributed by atoms with E-state index in [-0.39, 0.29) is 17.9 Å². The second-order valence-electron chi connectivity index (χ2n) is 10.7. The zero-order chi connectivity index (χ0) is 27.8. The molecule has 0 radical (unpaired) electrons. The summed E-state index contributed by atoms with van der Waals surface area (Å²) in [7, 11) is 5.66. The third kappa shape index (κ3) is 4.67. The van der Waals surface area contributed by atoms with Gasteiger partial charge >= 0.3 is 0 Å². The van der Waals surface area contributed by atoms with Crippen molar-refractivity contribution < 1.29 is 14.3 Å². The molecule has 1 atom stereocenters. The second-order valence-corrected chi connectivity index (χ2v) is 10.7. The third-order valence-corrected chi connectivity index (χ3v) is 8.25. The summed E-state index contributed by atoms with van der Waals surface area (Å²) in [5, 5.41) is 0. The topological polar surface area (TPSA) is 58.0 Å². The summed E-state index contributed by atoms with van der Waals surface area (Å²) in [6.45, 7) is 2.80. The van der Waals surface area contributed by atoms with Crippen LogP contribution >= 0.6 is 0 Å². The standard InChI is InChI=1S/C33H34N4O3/c1-34-19-18-26(21-34)35(2)33(39)30-17-16-27-22-37(29-10-6-4-8-25(29)20-36(27)30)32(38)24-14-12-23(13-15-24)28-9-5-7-11-31(28)40-3/h4-17,26H,18-22H2,1-3H3. The van der Waals surface area contributed by atoms with Crippen molar-refractivity contribution in [3.8, 4) is 16.9 Å². The number of ether oxygens (including phenoxy) is 1. The van der Waals surface area contributed by atoms with Crippen LogP contribution in [0.2, 0.25) is 0 Å². The van der Waals surface area contributed by atoms with E-state index in [0.717, 1.165) is 53.3 Å². The first-order valence-corrected chi connectivity index (χ1v) is 13.7. The number of anilines is 1. The van der Waals surface area contributed by atoms with E-state index in [1.54, 1.807) is 7.11 Å². The molecule has 3 heterocycles. The summed E-state index contributed by atoms with van der Waals surface area (Å²) in [6, 6.07) is 27.6. The Bertz CT molecular complexity index is 1560. The fraction of sp³-hybridized carbons (Fsp3) is 0.273. The molecule has 204 valence electrons. The van der Waals surface area contributed by atoms with Crippen molar-refractivity contribution in [3.63, 3.8) is 0 Å². The second kappa shape index (κ2) is 10.7. The van der Waals surface area contributed by atoms with E-state index in [1.807, 2.05) is 102 Å². The number of nitrogens with zero attached hydrogens (tertiary/aromatic N) is 4. The van der Waals surface area contributed by atoms with E-state index in [0.29, 0.717) is 24.3 Å². The maximum absolute atomic E-state index is 14.0. The number of methoxy groups -OCH3 is 1. The van der Waals surface area contributed by atoms with Gasteiger partial charge in [0.2, 0.25) is 0 Å². The number of rotatable bonds is 5. The number of amides is 2. The zero-order valence-corrected chi connectivity index (χ0v) is 23.2. The Morgan fingerprint density at radius 3 is 2.40 bits per heavy atom. The van der Waals surface area contributed by atoms with Crippen LogP contribution in [0.1, 0.15) is 38.5 Å². The number of hydrogen-bond donors (Lipinski definition) is 0. The summed E-state index contributed by atoms with van der Waals surface area (Å²) in [5.41, 5.74) is 6.05. The predicted molar refractivity (Wildman–Crippen MR) is 157 cm³/mol. The number of hydrogen-bond acceptors (Lipinski definition) is 4. The highest BCUT2D eigenvalue weighted by atomic mass is 16.5. The first-order chi connectivity index (χ1) is 19.4. The molecule has 3 aromatic carbocycles. The normalized spacial score (nSPS) is 16.7. The molecule has 1 aromatic heterocycles. The Balaban J connectivity index is 1.30. The molecule has 1 fully saturated rings. The SMILES string of the molecule is COc1ccccc1-c1ccc(C(=O)N2Cc3ccc(C(=O)N(C)C4CCN(C)C4)n3Cc3ccccc32)cc1. The summed E-state index contributed by atoms with van der Waals surface area (Å²) >= 11 is 0. The van der Waals surface area contributed by atoms with Crippen molar-refractivity contribution in [2.24, 2.45) is 0 Å². The van der Waals surface area contributed by atoms with Crippen LogP contribution in [-0.2, 0) is 13.1 Å². The molecule has 2 aliphatic heterocycles. The first-order valence-electron chi connectivity index (χ1n) is 13.7. The van der Waals surface area contributed by atoms with Gasteiger partial charge in [0.05, 0.1) is 20.2 Å². The molecule has 40 heavy (non-hydrogen) atoms. The monoisotopic (exact) mass is 534 g/mol. The smallest absolute Gasteiger partial charge is 0.270 e. The average molecular weight is 535 g/mol. The highest BCUT2D eigenvalue weighted by Crippen LogP contribution is 2.33. The summed E-state index contributed by atoms with van der Waals surface area (Å²) < 4.78 is 7.60. The number of carbonyl (C=O) groups is 2. The lowest BCUT2D eigenvalue weighted by Crippen LogP contribution is -2.39. The van der Waals surface area contributed by atoms with Gasteiger partial charge in [-0.05, 0) is 67.5 Å². The minimum atomic E-state index is -0.0762. The van der Waals surface area contributed by atoms with Crippen molar-refractivity contribution >= 4 is 17.5 Å². The van der Waals surface area contributed by atoms with Crippen LogP contribution in [-0.4, -0.2) is 66.5 Å². The Morgan fingerprint density at radius 2 is 1.65 bits per heavy atom. The third-order valence-electron chi connectivity index (χ3n) is 8.25. The maximum atomic E-state index is 14.0. The average Bonchev–Trinajstić information content (AvgIpc) is 3.56. The lowest BCUT2D eigenvalue weighted by atomic mass is 10.0. The van der Waals surface area contributed by atoms with Crippen LogP contribution in [0.3, 0.4) is 0 Å². The van der Waals surface area contributed by atoms with Crippen LogP contribution in [0.15, 0.2) is 84.9 Å². The van der Waals surface area contributed by atoms with Crippen LogP contribution in [0.4, 0.5) is 5.69 Å². The van der Waals surface area contributed by atoms with Gasteiger partial charge in [-0.2, -0.15) is 0 Å². The molecule has 1 saturated heterocycles.